The molecule has 11 nitrogen and oxygen atoms in total. The summed E-state index contributed by atoms with van der Waals surface area (Å²) in [6, 6.07) is 4.01. The highest BCUT2D eigenvalue weighted by Gasteiger charge is 2.33. The van der Waals surface area contributed by atoms with E-state index in [2.05, 4.69) is 10.3 Å². The molecule has 3 rings (SSSR count). The molecule has 1 amide bonds. The van der Waals surface area contributed by atoms with Crippen molar-refractivity contribution in [3.05, 3.63) is 30.0 Å². The van der Waals surface area contributed by atoms with E-state index in [1.165, 1.54) is 4.31 Å². The largest absolute Gasteiger partial charge is 0.481 e. The minimum absolute atomic E-state index is 0.149. The Morgan fingerprint density at radius 3 is 2.39 bits per heavy atom. The highest BCUT2D eigenvalue weighted by atomic mass is 32.2. The molecule has 2 aromatic rings. The number of aliphatic carboxylic acids is 2. The summed E-state index contributed by atoms with van der Waals surface area (Å²) in [5.74, 6) is -2.53. The summed E-state index contributed by atoms with van der Waals surface area (Å²) >= 11 is 0. The second kappa shape index (κ2) is 9.04. The first kappa shape index (κ1) is 22.7. The molecule has 1 fully saturated rings. The number of nitrogens with one attached hydrogen (secondary N) is 2. The Hall–Kier alpha value is -2.96. The molecule has 0 bridgehead atoms. The monoisotopic (exact) mass is 452 g/mol. The number of amides is 1. The van der Waals surface area contributed by atoms with Gasteiger partial charge in [-0.3, -0.25) is 19.3 Å². The van der Waals surface area contributed by atoms with Crippen LogP contribution < -0.4 is 5.32 Å². The van der Waals surface area contributed by atoms with Gasteiger partial charge in [-0.25, -0.2) is 8.42 Å². The second-order valence-electron chi connectivity index (χ2n) is 7.39. The van der Waals surface area contributed by atoms with Crippen molar-refractivity contribution in [1.29, 1.82) is 0 Å². The third-order valence-corrected chi connectivity index (χ3v) is 6.50. The molecule has 1 atom stereocenters. The molecule has 0 aliphatic carbocycles. The van der Waals surface area contributed by atoms with Crippen LogP contribution in [0.5, 0.6) is 0 Å². The number of aromatic nitrogens is 1. The predicted octanol–water partition coefficient (Wildman–Crippen LogP) is 0.674. The minimum Gasteiger partial charge on any atom is -0.481 e. The van der Waals surface area contributed by atoms with Crippen molar-refractivity contribution in [2.45, 2.75) is 18.9 Å². The fraction of sp³-hybridized carbons (Fsp3) is 0.421. The van der Waals surface area contributed by atoms with Crippen LogP contribution in [-0.4, -0.2) is 83.1 Å². The van der Waals surface area contributed by atoms with E-state index in [9.17, 15) is 27.9 Å². The standard InChI is InChI=1S/C19H24N4O7S/c1-31(29,30)23-8-6-22(7-9-23)18(19(27)28)14-11-20-15-10-12(2-3-13(14)15)21-16(24)4-5-17(25)26/h2-3,10-11,18,20H,4-9H2,1H3,(H,21,24)(H,25,26)(H,27,28). The van der Waals surface area contributed by atoms with Crippen molar-refractivity contribution < 1.29 is 33.0 Å². The zero-order chi connectivity index (χ0) is 22.8. The Labute approximate surface area is 178 Å². The Kier molecular flexibility index (Phi) is 6.62. The van der Waals surface area contributed by atoms with Crippen LogP contribution in [0, 0.1) is 0 Å². The topological polar surface area (TPSA) is 160 Å². The van der Waals surface area contributed by atoms with Crippen LogP contribution in [0.25, 0.3) is 10.9 Å². The van der Waals surface area contributed by atoms with Gasteiger partial charge in [-0.2, -0.15) is 4.31 Å². The van der Waals surface area contributed by atoms with E-state index < -0.39 is 33.9 Å². The zero-order valence-corrected chi connectivity index (χ0v) is 17.7. The number of H-pyrrole nitrogens is 1. The first-order chi connectivity index (χ1) is 14.6. The van der Waals surface area contributed by atoms with Gasteiger partial charge < -0.3 is 20.5 Å². The fourth-order valence-electron chi connectivity index (χ4n) is 3.68. The number of fused-ring (bicyclic) bond motifs is 1. The van der Waals surface area contributed by atoms with Crippen LogP contribution in [0.15, 0.2) is 24.4 Å². The van der Waals surface area contributed by atoms with Gasteiger partial charge in [0.2, 0.25) is 15.9 Å². The Morgan fingerprint density at radius 1 is 1.13 bits per heavy atom. The van der Waals surface area contributed by atoms with Crippen molar-refractivity contribution in [3.63, 3.8) is 0 Å². The van der Waals surface area contributed by atoms with Gasteiger partial charge in [-0.1, -0.05) is 6.07 Å². The van der Waals surface area contributed by atoms with Crippen molar-refractivity contribution in [2.24, 2.45) is 0 Å². The molecule has 0 spiro atoms. The van der Waals surface area contributed by atoms with Crippen LogP contribution in [0.2, 0.25) is 0 Å². The summed E-state index contributed by atoms with van der Waals surface area (Å²) in [5.41, 5.74) is 1.62. The smallest absolute Gasteiger partial charge is 0.325 e. The molecule has 1 aromatic carbocycles. The van der Waals surface area contributed by atoms with E-state index in [1.54, 1.807) is 29.3 Å². The average molecular weight is 452 g/mol. The highest BCUT2D eigenvalue weighted by molar-refractivity contribution is 7.88. The molecule has 12 heteroatoms. The number of benzene rings is 1. The number of piperazine rings is 1. The molecule has 168 valence electrons. The average Bonchev–Trinajstić information content (AvgIpc) is 3.09. The Balaban J connectivity index is 1.78. The van der Waals surface area contributed by atoms with Gasteiger partial charge in [0.25, 0.3) is 0 Å². The van der Waals surface area contributed by atoms with Crippen molar-refractivity contribution in [1.82, 2.24) is 14.2 Å². The summed E-state index contributed by atoms with van der Waals surface area (Å²) in [7, 11) is -3.32. The van der Waals surface area contributed by atoms with Gasteiger partial charge in [0, 0.05) is 61.0 Å². The molecule has 1 aliphatic rings. The van der Waals surface area contributed by atoms with Crippen LogP contribution in [-0.2, 0) is 24.4 Å². The number of carboxylic acids is 2. The maximum atomic E-state index is 12.1. The van der Waals surface area contributed by atoms with Gasteiger partial charge >= 0.3 is 11.9 Å². The third-order valence-electron chi connectivity index (χ3n) is 5.20. The van der Waals surface area contributed by atoms with Crippen LogP contribution >= 0.6 is 0 Å². The van der Waals surface area contributed by atoms with E-state index in [4.69, 9.17) is 5.11 Å². The van der Waals surface area contributed by atoms with Crippen LogP contribution in [0.3, 0.4) is 0 Å². The number of hydrogen-bond acceptors (Lipinski definition) is 6. The van der Waals surface area contributed by atoms with Gasteiger partial charge in [0.05, 0.1) is 12.7 Å². The van der Waals surface area contributed by atoms with Crippen molar-refractivity contribution in [2.75, 3.05) is 37.8 Å². The van der Waals surface area contributed by atoms with Crippen LogP contribution in [0.1, 0.15) is 24.4 Å². The van der Waals surface area contributed by atoms with E-state index in [-0.39, 0.29) is 39.0 Å². The van der Waals surface area contributed by atoms with Gasteiger partial charge in [0.15, 0.2) is 0 Å². The number of hydrogen-bond donors (Lipinski definition) is 4. The third kappa shape index (κ3) is 5.40. The van der Waals surface area contributed by atoms with E-state index in [0.717, 1.165) is 6.26 Å². The quantitative estimate of drug-likeness (QED) is 0.455. The lowest BCUT2D eigenvalue weighted by Crippen LogP contribution is -2.50. The highest BCUT2D eigenvalue weighted by Crippen LogP contribution is 2.31. The van der Waals surface area contributed by atoms with E-state index in [0.29, 0.717) is 22.2 Å². The Bertz CT molecular complexity index is 1100. The molecule has 31 heavy (non-hydrogen) atoms. The maximum Gasteiger partial charge on any atom is 0.325 e. The molecule has 1 unspecified atom stereocenters. The van der Waals surface area contributed by atoms with Gasteiger partial charge in [-0.15, -0.1) is 0 Å². The molecule has 0 saturated carbocycles. The molecule has 0 radical (unpaired) electrons. The summed E-state index contributed by atoms with van der Waals surface area (Å²) in [6.07, 6.45) is 2.31. The molecule has 1 aromatic heterocycles. The molecular formula is C19H24N4O7S. The van der Waals surface area contributed by atoms with E-state index >= 15 is 0 Å². The zero-order valence-electron chi connectivity index (χ0n) is 16.9. The minimum atomic E-state index is -3.32. The number of carboxylic acid groups (broad SMARTS) is 2. The number of nitrogens with zero attached hydrogens (tertiary/aromatic N) is 2. The Morgan fingerprint density at radius 2 is 1.81 bits per heavy atom. The normalized spacial score (nSPS) is 16.8. The van der Waals surface area contributed by atoms with Crippen molar-refractivity contribution >= 4 is 44.5 Å². The maximum absolute atomic E-state index is 12.1. The SMILES string of the molecule is CS(=O)(=O)N1CCN(C(C(=O)O)c2c[nH]c3cc(NC(=O)CCC(=O)O)ccc23)CC1. The van der Waals surface area contributed by atoms with Crippen LogP contribution in [0.4, 0.5) is 5.69 Å². The summed E-state index contributed by atoms with van der Waals surface area (Å²) in [4.78, 5) is 39.2. The first-order valence-corrected chi connectivity index (χ1v) is 11.5. The molecule has 1 saturated heterocycles. The summed E-state index contributed by atoms with van der Waals surface area (Å²) < 4.78 is 24.8. The number of sulfonamides is 1. The summed E-state index contributed by atoms with van der Waals surface area (Å²) in [5, 5.41) is 21.8. The lowest BCUT2D eigenvalue weighted by Gasteiger charge is -2.36. The number of carbonyl (C=O) groups excluding carboxylic acids is 1. The number of aromatic amines is 1. The molecule has 1 aliphatic heterocycles. The molecule has 2 heterocycles. The second-order valence-corrected chi connectivity index (χ2v) is 9.37. The van der Waals surface area contributed by atoms with Gasteiger partial charge in [-0.05, 0) is 12.1 Å². The number of carbonyl (C=O) groups is 3. The summed E-state index contributed by atoms with van der Waals surface area (Å²) in [6.45, 7) is 1.01. The molecular weight excluding hydrogens is 428 g/mol. The predicted molar refractivity (Wildman–Crippen MR) is 112 cm³/mol. The first-order valence-electron chi connectivity index (χ1n) is 9.61. The lowest BCUT2D eigenvalue weighted by atomic mass is 10.0. The van der Waals surface area contributed by atoms with Crippen molar-refractivity contribution in [3.8, 4) is 0 Å². The molecule has 4 N–H and O–H groups in total. The van der Waals surface area contributed by atoms with E-state index in [1.807, 2.05) is 0 Å². The number of rotatable bonds is 8. The lowest BCUT2D eigenvalue weighted by molar-refractivity contribution is -0.144. The van der Waals surface area contributed by atoms with Gasteiger partial charge in [0.1, 0.15) is 6.04 Å². The number of anilines is 1. The fourth-order valence-corrected chi connectivity index (χ4v) is 4.50.